The quantitative estimate of drug-likeness (QED) is 0.0149. The maximum atomic E-state index is 12.9. The molecular weight excluding hydrogens is 859 g/mol. The van der Waals surface area contributed by atoms with Gasteiger partial charge in [0, 0.05) is 12.8 Å². The Morgan fingerprint density at radius 1 is 0.574 bits per heavy atom. The lowest BCUT2D eigenvalue weighted by molar-refractivity contribution is -0.302. The van der Waals surface area contributed by atoms with Gasteiger partial charge in [0.25, 0.3) is 0 Å². The molecule has 1 heterocycles. The molecule has 0 aliphatic carbocycles. The molecule has 0 saturated carbocycles. The van der Waals surface area contributed by atoms with E-state index in [4.69, 9.17) is 14.2 Å². The molecule has 68 heavy (non-hydrogen) atoms. The van der Waals surface area contributed by atoms with Crippen molar-refractivity contribution in [2.45, 2.75) is 256 Å². The van der Waals surface area contributed by atoms with Gasteiger partial charge in [-0.05, 0) is 110 Å². The summed E-state index contributed by atoms with van der Waals surface area (Å²) in [5.41, 5.74) is 0. The van der Waals surface area contributed by atoms with E-state index in [9.17, 15) is 35.1 Å². The summed E-state index contributed by atoms with van der Waals surface area (Å²) in [6, 6.07) is -0.851. The van der Waals surface area contributed by atoms with E-state index in [0.717, 1.165) is 96.3 Å². The van der Waals surface area contributed by atoms with Gasteiger partial charge in [-0.15, -0.1) is 0 Å². The molecule has 0 radical (unpaired) electrons. The normalized spacial score (nSPS) is 20.0. The van der Waals surface area contributed by atoms with Crippen molar-refractivity contribution in [2.75, 3.05) is 19.8 Å². The van der Waals surface area contributed by atoms with Crippen molar-refractivity contribution >= 4 is 11.9 Å². The van der Waals surface area contributed by atoms with Crippen molar-refractivity contribution in [3.8, 4) is 0 Å². The van der Waals surface area contributed by atoms with Gasteiger partial charge in [-0.2, -0.15) is 0 Å². The molecule has 11 heteroatoms. The molecule has 0 spiro atoms. The smallest absolute Gasteiger partial charge is 0.305 e. The minimum Gasteiger partial charge on any atom is -0.466 e. The summed E-state index contributed by atoms with van der Waals surface area (Å²) in [7, 11) is 0. The van der Waals surface area contributed by atoms with Crippen molar-refractivity contribution in [1.82, 2.24) is 5.32 Å². The minimum atomic E-state index is -1.59. The molecule has 11 nitrogen and oxygen atoms in total. The van der Waals surface area contributed by atoms with Gasteiger partial charge in [0.15, 0.2) is 6.29 Å². The molecule has 1 aliphatic rings. The Balaban J connectivity index is 2.12. The molecule has 0 aromatic heterocycles. The maximum Gasteiger partial charge on any atom is 0.305 e. The van der Waals surface area contributed by atoms with Crippen LogP contribution < -0.4 is 5.32 Å². The highest BCUT2D eigenvalue weighted by Gasteiger charge is 2.44. The van der Waals surface area contributed by atoms with Crippen LogP contribution in [0, 0.1) is 0 Å². The lowest BCUT2D eigenvalue weighted by Crippen LogP contribution is -2.60. The zero-order valence-electron chi connectivity index (χ0n) is 42.8. The molecule has 7 atom stereocenters. The molecule has 7 unspecified atom stereocenters. The molecule has 1 saturated heterocycles. The number of allylic oxidation sites excluding steroid dienone is 11. The molecule has 1 rings (SSSR count). The average Bonchev–Trinajstić information content (AvgIpc) is 3.33. The average molecular weight is 958 g/mol. The zero-order valence-corrected chi connectivity index (χ0v) is 42.8. The van der Waals surface area contributed by atoms with Crippen molar-refractivity contribution in [3.05, 3.63) is 72.9 Å². The zero-order chi connectivity index (χ0) is 49.6. The van der Waals surface area contributed by atoms with Gasteiger partial charge in [0.05, 0.1) is 32.0 Å². The molecule has 0 aromatic rings. The molecule has 1 aliphatic heterocycles. The van der Waals surface area contributed by atoms with E-state index in [1.54, 1.807) is 6.08 Å². The van der Waals surface area contributed by atoms with E-state index in [-0.39, 0.29) is 18.5 Å². The van der Waals surface area contributed by atoms with Gasteiger partial charge in [-0.25, -0.2) is 0 Å². The highest BCUT2D eigenvalue weighted by Crippen LogP contribution is 2.22. The molecule has 6 N–H and O–H groups in total. The van der Waals surface area contributed by atoms with Gasteiger partial charge in [0.2, 0.25) is 5.91 Å². The third-order valence-corrected chi connectivity index (χ3v) is 12.4. The fourth-order valence-electron chi connectivity index (χ4n) is 7.99. The summed E-state index contributed by atoms with van der Waals surface area (Å²) < 4.78 is 16.6. The number of amides is 1. The fraction of sp³-hybridized carbons (Fsp3) is 0.754. The molecule has 0 aromatic carbocycles. The van der Waals surface area contributed by atoms with Gasteiger partial charge < -0.3 is 45.1 Å². The number of hydrogen-bond donors (Lipinski definition) is 6. The number of aliphatic hydroxyl groups excluding tert-OH is 5. The van der Waals surface area contributed by atoms with E-state index in [1.165, 1.54) is 77.0 Å². The van der Waals surface area contributed by atoms with E-state index in [1.807, 2.05) is 19.1 Å². The van der Waals surface area contributed by atoms with Crippen LogP contribution in [0.1, 0.15) is 213 Å². The van der Waals surface area contributed by atoms with Gasteiger partial charge in [0.1, 0.15) is 24.4 Å². The number of hydrogen-bond acceptors (Lipinski definition) is 10. The number of unbranched alkanes of at least 4 members (excludes halogenated alkanes) is 23. The summed E-state index contributed by atoms with van der Waals surface area (Å²) in [6.07, 6.45) is 50.2. The van der Waals surface area contributed by atoms with Crippen molar-refractivity contribution in [1.29, 1.82) is 0 Å². The summed E-state index contributed by atoms with van der Waals surface area (Å²) in [4.78, 5) is 25.0. The Morgan fingerprint density at radius 3 is 1.63 bits per heavy atom. The largest absolute Gasteiger partial charge is 0.466 e. The van der Waals surface area contributed by atoms with Gasteiger partial charge in [-0.1, -0.05) is 163 Å². The predicted molar refractivity (Wildman–Crippen MR) is 278 cm³/mol. The third kappa shape index (κ3) is 36.1. The van der Waals surface area contributed by atoms with E-state index in [0.29, 0.717) is 32.3 Å². The third-order valence-electron chi connectivity index (χ3n) is 12.4. The summed E-state index contributed by atoms with van der Waals surface area (Å²) in [5, 5.41) is 54.0. The number of carbonyl (C=O) groups excluding carboxylic acids is 2. The Morgan fingerprint density at radius 2 is 1.06 bits per heavy atom. The van der Waals surface area contributed by atoms with Crippen LogP contribution in [-0.2, 0) is 23.8 Å². The molecular formula is C57H99NO10. The molecule has 392 valence electrons. The lowest BCUT2D eigenvalue weighted by Gasteiger charge is -2.40. The topological polar surface area (TPSA) is 175 Å². The summed E-state index contributed by atoms with van der Waals surface area (Å²) in [5.74, 6) is -0.276. The second-order valence-electron chi connectivity index (χ2n) is 18.6. The van der Waals surface area contributed by atoms with E-state index < -0.39 is 49.5 Å². The predicted octanol–water partition coefficient (Wildman–Crippen LogP) is 11.7. The molecule has 1 fully saturated rings. The first-order valence-electron chi connectivity index (χ1n) is 27.2. The van der Waals surface area contributed by atoms with Crippen molar-refractivity contribution < 1.29 is 49.3 Å². The minimum absolute atomic E-state index is 0.0514. The number of carbonyl (C=O) groups is 2. The maximum absolute atomic E-state index is 12.9. The van der Waals surface area contributed by atoms with Crippen LogP contribution in [0.3, 0.4) is 0 Å². The first-order valence-corrected chi connectivity index (χ1v) is 27.2. The first-order chi connectivity index (χ1) is 33.2. The second kappa shape index (κ2) is 46.5. The van der Waals surface area contributed by atoms with Crippen LogP contribution in [0.25, 0.3) is 0 Å². The van der Waals surface area contributed by atoms with Crippen LogP contribution in [0.4, 0.5) is 0 Å². The fourth-order valence-corrected chi connectivity index (χ4v) is 7.99. The van der Waals surface area contributed by atoms with E-state index in [2.05, 4.69) is 66.9 Å². The van der Waals surface area contributed by atoms with E-state index >= 15 is 0 Å². The van der Waals surface area contributed by atoms with Gasteiger partial charge >= 0.3 is 5.97 Å². The highest BCUT2D eigenvalue weighted by molar-refractivity contribution is 5.76. The first kappa shape index (κ1) is 63.1. The van der Waals surface area contributed by atoms with Crippen LogP contribution in [0.15, 0.2) is 72.9 Å². The van der Waals surface area contributed by atoms with Crippen LogP contribution >= 0.6 is 0 Å². The highest BCUT2D eigenvalue weighted by atomic mass is 16.7. The number of ether oxygens (including phenoxy) is 3. The Bertz CT molecular complexity index is 1360. The molecule has 1 amide bonds. The lowest BCUT2D eigenvalue weighted by atomic mass is 9.99. The summed E-state index contributed by atoms with van der Waals surface area (Å²) in [6.45, 7) is 3.98. The monoisotopic (exact) mass is 958 g/mol. The Labute approximate surface area is 413 Å². The summed E-state index contributed by atoms with van der Waals surface area (Å²) >= 11 is 0. The number of aliphatic hydroxyl groups is 5. The SMILES string of the molecule is C/C=C/CC/C=C/CC/C=C/C(O)C(COC1OC(CO)C(O)C(O)C1O)NC(=O)CCCCCCCC/C=C\C=C/CCCCCOC(=O)CCCCCCC/C=C\CCCCCCCCC. The Kier molecular flexibility index (Phi) is 43.1. The second-order valence-corrected chi connectivity index (χ2v) is 18.6. The number of rotatable bonds is 45. The molecule has 0 bridgehead atoms. The standard InChI is InChI=1S/C57H99NO10/c1-3-5-7-9-11-13-14-15-16-19-22-25-29-33-37-41-45-53(62)66-46-42-38-34-30-26-23-20-17-18-21-24-28-32-36-40-44-52(61)58-49(50(60)43-39-35-31-27-12-10-8-6-4-2)48-67-57-56(65)55(64)54(63)51(47-59)68-57/h4,6,12,16-17,19-20,23,26-27,39,43,49-51,54-57,59-60,63-65H,3,5,7-11,13-15,18,21-22,24-25,28-38,40-42,44-48H2,1-2H3,(H,58,61)/b6-4+,19-16-,20-17-,26-23-,27-12+,43-39+. The number of esters is 1. The van der Waals surface area contributed by atoms with Crippen LogP contribution in [0.2, 0.25) is 0 Å². The van der Waals surface area contributed by atoms with Crippen LogP contribution in [-0.4, -0.2) is 100 Å². The Hall–Kier alpha value is -2.90. The van der Waals surface area contributed by atoms with Crippen molar-refractivity contribution in [3.63, 3.8) is 0 Å². The van der Waals surface area contributed by atoms with Crippen molar-refractivity contribution in [2.24, 2.45) is 0 Å². The van der Waals surface area contributed by atoms with Crippen LogP contribution in [0.5, 0.6) is 0 Å². The number of nitrogens with one attached hydrogen (secondary N) is 1. The van der Waals surface area contributed by atoms with Gasteiger partial charge in [-0.3, -0.25) is 9.59 Å².